The normalized spacial score (nSPS) is 11.4. The molecule has 0 spiro atoms. The van der Waals surface area contributed by atoms with Crippen LogP contribution in [0.25, 0.3) is 94.6 Å². The van der Waals surface area contributed by atoms with Gasteiger partial charge in [0.05, 0.1) is 22.4 Å². The van der Waals surface area contributed by atoms with E-state index in [1.807, 2.05) is 12.1 Å². The fourth-order valence-corrected chi connectivity index (χ4v) is 7.59. The zero-order valence-electron chi connectivity index (χ0n) is 28.8. The second kappa shape index (κ2) is 12.9. The van der Waals surface area contributed by atoms with E-state index in [-0.39, 0.29) is 0 Å². The number of hydrogen-bond acceptors (Lipinski definition) is 3. The first-order valence-electron chi connectivity index (χ1n) is 17.9. The summed E-state index contributed by atoms with van der Waals surface area (Å²) in [5.41, 5.74) is 13.4. The molecule has 4 nitrogen and oxygen atoms in total. The highest BCUT2D eigenvalue weighted by Crippen LogP contribution is 2.46. The number of fused-ring (bicyclic) bond motifs is 4. The minimum absolute atomic E-state index is 0.678. The van der Waals surface area contributed by atoms with E-state index in [2.05, 4.69) is 187 Å². The van der Waals surface area contributed by atoms with Crippen LogP contribution in [0.4, 0.5) is 0 Å². The van der Waals surface area contributed by atoms with Gasteiger partial charge in [0.15, 0.2) is 5.82 Å². The Morgan fingerprint density at radius 2 is 0.811 bits per heavy atom. The molecule has 3 heterocycles. The van der Waals surface area contributed by atoms with Crippen molar-refractivity contribution in [1.82, 2.24) is 19.6 Å². The highest BCUT2D eigenvalue weighted by molar-refractivity contribution is 6.16. The summed E-state index contributed by atoms with van der Waals surface area (Å²) in [4.78, 5) is 10.6. The Balaban J connectivity index is 1.33. The highest BCUT2D eigenvalue weighted by atomic mass is 15.2. The van der Waals surface area contributed by atoms with E-state index in [1.165, 1.54) is 5.56 Å². The van der Waals surface area contributed by atoms with Crippen molar-refractivity contribution in [3.05, 3.63) is 194 Å². The maximum Gasteiger partial charge on any atom is 0.160 e. The van der Waals surface area contributed by atoms with Crippen molar-refractivity contribution in [2.75, 3.05) is 0 Å². The molecular weight excluding hydrogens is 645 g/mol. The van der Waals surface area contributed by atoms with E-state index < -0.39 is 0 Å². The second-order valence-electron chi connectivity index (χ2n) is 13.2. The molecule has 0 bridgehead atoms. The van der Waals surface area contributed by atoms with Crippen molar-refractivity contribution in [2.45, 2.75) is 0 Å². The first kappa shape index (κ1) is 30.6. The van der Waals surface area contributed by atoms with Gasteiger partial charge in [0.1, 0.15) is 5.69 Å². The third-order valence-electron chi connectivity index (χ3n) is 10.0. The number of rotatable bonds is 6. The molecule has 4 heteroatoms. The van der Waals surface area contributed by atoms with Crippen LogP contribution < -0.4 is 0 Å². The van der Waals surface area contributed by atoms with E-state index in [0.29, 0.717) is 5.82 Å². The van der Waals surface area contributed by atoms with Gasteiger partial charge in [-0.15, -0.1) is 0 Å². The number of pyridine rings is 1. The van der Waals surface area contributed by atoms with Gasteiger partial charge in [0.25, 0.3) is 0 Å². The molecule has 0 aliphatic rings. The summed E-state index contributed by atoms with van der Waals surface area (Å²) in [5.74, 6) is 0.678. The van der Waals surface area contributed by atoms with Crippen molar-refractivity contribution in [3.63, 3.8) is 0 Å². The Bertz CT molecular complexity index is 2900. The minimum Gasteiger partial charge on any atom is -0.230 e. The quantitative estimate of drug-likeness (QED) is 0.176. The molecule has 0 radical (unpaired) electrons. The first-order chi connectivity index (χ1) is 26.3. The van der Waals surface area contributed by atoms with Crippen LogP contribution in [0, 0.1) is 0 Å². The summed E-state index contributed by atoms with van der Waals surface area (Å²) in [7, 11) is 0. The van der Waals surface area contributed by atoms with Crippen LogP contribution in [-0.4, -0.2) is 19.6 Å². The zero-order valence-corrected chi connectivity index (χ0v) is 28.8. The molecule has 0 aliphatic heterocycles. The van der Waals surface area contributed by atoms with Gasteiger partial charge in [-0.05, 0) is 28.1 Å². The van der Waals surface area contributed by atoms with Crippen molar-refractivity contribution in [1.29, 1.82) is 0 Å². The SMILES string of the molecule is c1ccc(-c2ccc(-c3nc(-c4c(-c5ccccc5)n5nc(-c6ccccc6)c(-c6ccccc6)c5c5ccccc45)c4ccccc4n3)cc2)cc1. The van der Waals surface area contributed by atoms with Crippen molar-refractivity contribution >= 4 is 27.2 Å². The molecule has 3 aromatic heterocycles. The fourth-order valence-electron chi connectivity index (χ4n) is 7.59. The van der Waals surface area contributed by atoms with Crippen LogP contribution in [0.5, 0.6) is 0 Å². The van der Waals surface area contributed by atoms with Gasteiger partial charge in [-0.3, -0.25) is 0 Å². The predicted octanol–water partition coefficient (Wildman–Crippen LogP) is 12.4. The lowest BCUT2D eigenvalue weighted by atomic mass is 9.92. The monoisotopic (exact) mass is 676 g/mol. The van der Waals surface area contributed by atoms with Gasteiger partial charge in [0.2, 0.25) is 0 Å². The lowest BCUT2D eigenvalue weighted by molar-refractivity contribution is 0.980. The molecule has 0 unspecified atom stereocenters. The average Bonchev–Trinajstić information content (AvgIpc) is 3.65. The molecular formula is C49H32N4. The van der Waals surface area contributed by atoms with Gasteiger partial charge in [-0.2, -0.15) is 5.10 Å². The molecule has 248 valence electrons. The average molecular weight is 677 g/mol. The zero-order chi connectivity index (χ0) is 35.1. The minimum atomic E-state index is 0.678. The number of para-hydroxylation sites is 1. The Hall–Kier alpha value is -7.17. The summed E-state index contributed by atoms with van der Waals surface area (Å²) in [6, 6.07) is 67.8. The lowest BCUT2D eigenvalue weighted by Crippen LogP contribution is -2.03. The van der Waals surface area contributed by atoms with Gasteiger partial charge in [-0.25, -0.2) is 14.5 Å². The summed E-state index contributed by atoms with van der Waals surface area (Å²) >= 11 is 0. The highest BCUT2D eigenvalue weighted by Gasteiger charge is 2.27. The van der Waals surface area contributed by atoms with E-state index >= 15 is 0 Å². The van der Waals surface area contributed by atoms with E-state index in [1.54, 1.807) is 0 Å². The Morgan fingerprint density at radius 1 is 0.321 bits per heavy atom. The second-order valence-corrected chi connectivity index (χ2v) is 13.2. The number of hydrogen-bond donors (Lipinski definition) is 0. The topological polar surface area (TPSA) is 43.1 Å². The number of aromatic nitrogens is 4. The Morgan fingerprint density at radius 3 is 1.47 bits per heavy atom. The third kappa shape index (κ3) is 5.28. The van der Waals surface area contributed by atoms with Crippen LogP contribution >= 0.6 is 0 Å². The Labute approximate surface area is 307 Å². The molecule has 0 saturated heterocycles. The molecule has 7 aromatic carbocycles. The maximum atomic E-state index is 5.54. The van der Waals surface area contributed by atoms with Crippen LogP contribution in [-0.2, 0) is 0 Å². The molecule has 0 atom stereocenters. The van der Waals surface area contributed by atoms with Crippen molar-refractivity contribution in [2.24, 2.45) is 0 Å². The maximum absolute atomic E-state index is 5.54. The molecule has 10 rings (SSSR count). The molecule has 53 heavy (non-hydrogen) atoms. The molecule has 0 N–H and O–H groups in total. The molecule has 0 saturated carbocycles. The standard InChI is InChI=1S/C49H32N4/c1-5-17-33(18-6-1)34-29-31-38(32-30-34)49-50-42-28-16-15-27-41(42)46(51-49)44-39-25-13-14-26-40(39)48-43(35-19-7-2-8-20-35)45(36-21-9-3-10-22-36)52-53(48)47(44)37-23-11-4-12-24-37/h1-32H. The van der Waals surface area contributed by atoms with Gasteiger partial charge < -0.3 is 0 Å². The van der Waals surface area contributed by atoms with E-state index in [4.69, 9.17) is 15.1 Å². The third-order valence-corrected chi connectivity index (χ3v) is 10.0. The van der Waals surface area contributed by atoms with Crippen molar-refractivity contribution < 1.29 is 0 Å². The number of benzene rings is 7. The number of nitrogens with zero attached hydrogens (tertiary/aromatic N) is 4. The largest absolute Gasteiger partial charge is 0.230 e. The summed E-state index contributed by atoms with van der Waals surface area (Å²) in [6.45, 7) is 0. The summed E-state index contributed by atoms with van der Waals surface area (Å²) in [6.07, 6.45) is 0. The molecule has 0 amide bonds. The Kier molecular flexibility index (Phi) is 7.43. The van der Waals surface area contributed by atoms with Crippen LogP contribution in [0.15, 0.2) is 194 Å². The fraction of sp³-hybridized carbons (Fsp3) is 0. The molecule has 0 aliphatic carbocycles. The molecule has 10 aromatic rings. The van der Waals surface area contributed by atoms with Gasteiger partial charge >= 0.3 is 0 Å². The predicted molar refractivity (Wildman–Crippen MR) is 218 cm³/mol. The van der Waals surface area contributed by atoms with Gasteiger partial charge in [-0.1, -0.05) is 188 Å². The van der Waals surface area contributed by atoms with Crippen molar-refractivity contribution in [3.8, 4) is 67.4 Å². The summed E-state index contributed by atoms with van der Waals surface area (Å²) < 4.78 is 2.17. The summed E-state index contributed by atoms with van der Waals surface area (Å²) in [5, 5.41) is 8.73. The lowest BCUT2D eigenvalue weighted by Gasteiger charge is -2.18. The first-order valence-corrected chi connectivity index (χ1v) is 17.9. The van der Waals surface area contributed by atoms with E-state index in [0.717, 1.165) is 83.2 Å². The van der Waals surface area contributed by atoms with Crippen LogP contribution in [0.1, 0.15) is 0 Å². The van der Waals surface area contributed by atoms with Crippen LogP contribution in [0.3, 0.4) is 0 Å². The van der Waals surface area contributed by atoms with E-state index in [9.17, 15) is 0 Å². The molecule has 0 fully saturated rings. The smallest absolute Gasteiger partial charge is 0.160 e. The van der Waals surface area contributed by atoms with Crippen LogP contribution in [0.2, 0.25) is 0 Å². The van der Waals surface area contributed by atoms with Gasteiger partial charge in [0, 0.05) is 38.6 Å².